The summed E-state index contributed by atoms with van der Waals surface area (Å²) in [6, 6.07) is 15.5. The van der Waals surface area contributed by atoms with E-state index in [4.69, 9.17) is 14.2 Å². The summed E-state index contributed by atoms with van der Waals surface area (Å²) in [6.45, 7) is 5.18. The SMILES string of the molecule is CC=C(C(=O)OC)c1ccccc1COc1cccc(C=NN2CCOCC2)c1. The Morgan fingerprint density at radius 2 is 1.97 bits per heavy atom. The first kappa shape index (κ1) is 20.6. The number of morpholine rings is 1. The highest BCUT2D eigenvalue weighted by molar-refractivity contribution is 6.16. The van der Waals surface area contributed by atoms with Gasteiger partial charge in [-0.05, 0) is 35.7 Å². The van der Waals surface area contributed by atoms with E-state index in [1.54, 1.807) is 6.08 Å². The summed E-state index contributed by atoms with van der Waals surface area (Å²) in [5.74, 6) is 0.382. The van der Waals surface area contributed by atoms with Crippen LogP contribution >= 0.6 is 0 Å². The molecular formula is C23H26N2O4. The van der Waals surface area contributed by atoms with Crippen LogP contribution in [-0.2, 0) is 20.9 Å². The first-order valence-corrected chi connectivity index (χ1v) is 9.63. The number of allylic oxidation sites excluding steroid dienone is 1. The summed E-state index contributed by atoms with van der Waals surface area (Å²) in [5, 5.41) is 6.50. The molecule has 0 radical (unpaired) electrons. The van der Waals surface area contributed by atoms with Gasteiger partial charge in [-0.2, -0.15) is 5.10 Å². The maximum Gasteiger partial charge on any atom is 0.338 e. The van der Waals surface area contributed by atoms with Crippen molar-refractivity contribution in [2.45, 2.75) is 13.5 Å². The van der Waals surface area contributed by atoms with Crippen molar-refractivity contribution in [3.8, 4) is 5.75 Å². The van der Waals surface area contributed by atoms with Crippen LogP contribution in [0.4, 0.5) is 0 Å². The second-order valence-electron chi connectivity index (χ2n) is 6.52. The molecule has 0 aromatic heterocycles. The fraction of sp³-hybridized carbons (Fsp3) is 0.304. The van der Waals surface area contributed by atoms with E-state index in [2.05, 4.69) is 5.10 Å². The van der Waals surface area contributed by atoms with Gasteiger partial charge in [-0.1, -0.05) is 42.5 Å². The smallest absolute Gasteiger partial charge is 0.338 e. The summed E-state index contributed by atoms with van der Waals surface area (Å²) in [4.78, 5) is 12.1. The minimum atomic E-state index is -0.360. The third-order valence-electron chi connectivity index (χ3n) is 4.61. The maximum absolute atomic E-state index is 12.1. The van der Waals surface area contributed by atoms with Gasteiger partial charge in [0.15, 0.2) is 0 Å². The molecule has 1 heterocycles. The predicted molar refractivity (Wildman–Crippen MR) is 113 cm³/mol. The van der Waals surface area contributed by atoms with E-state index in [1.165, 1.54) is 7.11 Å². The Balaban J connectivity index is 1.69. The molecule has 0 N–H and O–H groups in total. The molecule has 1 aliphatic rings. The number of carbonyl (C=O) groups is 1. The molecule has 6 heteroatoms. The van der Waals surface area contributed by atoms with Gasteiger partial charge >= 0.3 is 5.97 Å². The summed E-state index contributed by atoms with van der Waals surface area (Å²) < 4.78 is 16.2. The van der Waals surface area contributed by atoms with E-state index >= 15 is 0 Å². The standard InChI is InChI=1S/C23H26N2O4/c1-3-21(23(26)27-2)22-10-5-4-8-19(22)17-29-20-9-6-7-18(15-20)16-24-25-11-13-28-14-12-25/h3-10,15-16H,11-14,17H2,1-2H3. The van der Waals surface area contributed by atoms with E-state index in [-0.39, 0.29) is 5.97 Å². The lowest BCUT2D eigenvalue weighted by molar-refractivity contribution is -0.133. The molecule has 0 atom stereocenters. The van der Waals surface area contributed by atoms with E-state index in [0.29, 0.717) is 25.4 Å². The summed E-state index contributed by atoms with van der Waals surface area (Å²) in [6.07, 6.45) is 3.59. The zero-order valence-corrected chi connectivity index (χ0v) is 16.8. The molecule has 1 fully saturated rings. The predicted octanol–water partition coefficient (Wildman–Crippen LogP) is 3.51. The monoisotopic (exact) mass is 394 g/mol. The highest BCUT2D eigenvalue weighted by Crippen LogP contribution is 2.23. The lowest BCUT2D eigenvalue weighted by atomic mass is 10.00. The number of ether oxygens (including phenoxy) is 3. The minimum Gasteiger partial charge on any atom is -0.489 e. The van der Waals surface area contributed by atoms with E-state index in [1.807, 2.05) is 66.7 Å². The fourth-order valence-electron chi connectivity index (χ4n) is 3.07. The molecule has 1 saturated heterocycles. The van der Waals surface area contributed by atoms with Crippen LogP contribution in [0.3, 0.4) is 0 Å². The molecule has 29 heavy (non-hydrogen) atoms. The number of esters is 1. The Morgan fingerprint density at radius 1 is 1.17 bits per heavy atom. The lowest BCUT2D eigenvalue weighted by Gasteiger charge is -2.23. The molecule has 0 saturated carbocycles. The van der Waals surface area contributed by atoms with Gasteiger partial charge in [0.05, 0.1) is 45.2 Å². The molecule has 0 aliphatic carbocycles. The number of hydrogen-bond acceptors (Lipinski definition) is 6. The molecule has 2 aromatic carbocycles. The highest BCUT2D eigenvalue weighted by Gasteiger charge is 2.15. The maximum atomic E-state index is 12.1. The van der Waals surface area contributed by atoms with E-state index < -0.39 is 0 Å². The Labute approximate surface area is 171 Å². The third kappa shape index (κ3) is 5.68. The van der Waals surface area contributed by atoms with E-state index in [9.17, 15) is 4.79 Å². The number of methoxy groups -OCH3 is 1. The van der Waals surface area contributed by atoms with E-state index in [0.717, 1.165) is 35.5 Å². The first-order chi connectivity index (χ1) is 14.2. The Hall–Kier alpha value is -3.12. The Morgan fingerprint density at radius 3 is 2.72 bits per heavy atom. The largest absolute Gasteiger partial charge is 0.489 e. The van der Waals surface area contributed by atoms with Gasteiger partial charge in [-0.3, -0.25) is 5.01 Å². The molecule has 0 unspecified atom stereocenters. The fourth-order valence-corrected chi connectivity index (χ4v) is 3.07. The van der Waals surface area contributed by atoms with Crippen molar-refractivity contribution < 1.29 is 19.0 Å². The number of nitrogens with zero attached hydrogens (tertiary/aromatic N) is 2. The molecule has 3 rings (SSSR count). The van der Waals surface area contributed by atoms with Gasteiger partial charge in [0.1, 0.15) is 12.4 Å². The van der Waals surface area contributed by atoms with Gasteiger partial charge in [-0.15, -0.1) is 0 Å². The Kier molecular flexibility index (Phi) is 7.41. The molecule has 6 nitrogen and oxygen atoms in total. The van der Waals surface area contributed by atoms with Gasteiger partial charge in [0.2, 0.25) is 0 Å². The summed E-state index contributed by atoms with van der Waals surface area (Å²) >= 11 is 0. The average molecular weight is 394 g/mol. The molecule has 0 amide bonds. The second kappa shape index (κ2) is 10.4. The molecular weight excluding hydrogens is 368 g/mol. The second-order valence-corrected chi connectivity index (χ2v) is 6.52. The molecule has 2 aromatic rings. The normalized spacial score (nSPS) is 14.8. The summed E-state index contributed by atoms with van der Waals surface area (Å²) in [7, 11) is 1.38. The molecule has 1 aliphatic heterocycles. The molecule has 0 spiro atoms. The van der Waals surface area contributed by atoms with Crippen molar-refractivity contribution in [3.63, 3.8) is 0 Å². The van der Waals surface area contributed by atoms with Crippen molar-refractivity contribution in [2.75, 3.05) is 33.4 Å². The van der Waals surface area contributed by atoms with Crippen molar-refractivity contribution in [3.05, 3.63) is 71.3 Å². The molecule has 152 valence electrons. The van der Waals surface area contributed by atoms with Gasteiger partial charge < -0.3 is 14.2 Å². The van der Waals surface area contributed by atoms with Crippen LogP contribution in [0, 0.1) is 0 Å². The van der Waals surface area contributed by atoms with Crippen LogP contribution in [0.25, 0.3) is 5.57 Å². The quantitative estimate of drug-likeness (QED) is 0.409. The minimum absolute atomic E-state index is 0.342. The van der Waals surface area contributed by atoms with Crippen LogP contribution in [0.2, 0.25) is 0 Å². The van der Waals surface area contributed by atoms with Gasteiger partial charge in [0, 0.05) is 0 Å². The van der Waals surface area contributed by atoms with Crippen molar-refractivity contribution >= 4 is 17.8 Å². The van der Waals surface area contributed by atoms with Crippen LogP contribution < -0.4 is 4.74 Å². The van der Waals surface area contributed by atoms with Crippen molar-refractivity contribution in [2.24, 2.45) is 5.10 Å². The van der Waals surface area contributed by atoms with Crippen LogP contribution in [0.1, 0.15) is 23.6 Å². The average Bonchev–Trinajstić information content (AvgIpc) is 2.78. The zero-order chi connectivity index (χ0) is 20.5. The topological polar surface area (TPSA) is 60.4 Å². The number of rotatable bonds is 7. The third-order valence-corrected chi connectivity index (χ3v) is 4.61. The van der Waals surface area contributed by atoms with Crippen molar-refractivity contribution in [1.82, 2.24) is 5.01 Å². The number of carbonyl (C=O) groups excluding carboxylic acids is 1. The Bertz CT molecular complexity index is 886. The van der Waals surface area contributed by atoms with Crippen molar-refractivity contribution in [1.29, 1.82) is 0 Å². The van der Waals surface area contributed by atoms with Crippen LogP contribution in [0.5, 0.6) is 5.75 Å². The number of hydrogen-bond donors (Lipinski definition) is 0. The molecule has 0 bridgehead atoms. The summed E-state index contributed by atoms with van der Waals surface area (Å²) in [5.41, 5.74) is 3.22. The first-order valence-electron chi connectivity index (χ1n) is 9.63. The van der Waals surface area contributed by atoms with Gasteiger partial charge in [0.25, 0.3) is 0 Å². The number of hydrazone groups is 1. The van der Waals surface area contributed by atoms with Gasteiger partial charge in [-0.25, -0.2) is 4.79 Å². The van der Waals surface area contributed by atoms with Crippen LogP contribution in [-0.4, -0.2) is 50.6 Å². The highest BCUT2D eigenvalue weighted by atomic mass is 16.5. The lowest BCUT2D eigenvalue weighted by Crippen LogP contribution is -2.32. The zero-order valence-electron chi connectivity index (χ0n) is 16.8. The number of benzene rings is 2. The van der Waals surface area contributed by atoms with Crippen LogP contribution in [0.15, 0.2) is 59.7 Å².